The third-order valence-electron chi connectivity index (χ3n) is 0.781. The molecule has 0 unspecified atom stereocenters. The Hall–Kier alpha value is -0.840. The topological polar surface area (TPSA) is 25.8 Å². The van der Waals surface area contributed by atoms with Crippen LogP contribution >= 0.6 is 11.6 Å². The molecule has 54 valence electrons. The molecule has 1 heterocycles. The Balaban J connectivity index is 3.34. The zero-order chi connectivity index (χ0) is 7.72. The van der Waals surface area contributed by atoms with Crippen molar-refractivity contribution in [1.82, 2.24) is 10.2 Å². The van der Waals surface area contributed by atoms with Gasteiger partial charge in [-0.25, -0.2) is 4.39 Å². The van der Waals surface area contributed by atoms with Gasteiger partial charge in [0, 0.05) is 0 Å². The smallest absolute Gasteiger partial charge is 0.200 e. The summed E-state index contributed by atoms with van der Waals surface area (Å²) < 4.78 is 36.1. The third-order valence-corrected chi connectivity index (χ3v) is 1.02. The molecule has 0 radical (unpaired) electrons. The molecular formula is C4ClF3N2. The van der Waals surface area contributed by atoms with Crippen molar-refractivity contribution >= 4 is 11.6 Å². The van der Waals surface area contributed by atoms with Crippen LogP contribution in [0.4, 0.5) is 13.2 Å². The first-order valence-corrected chi connectivity index (χ1v) is 2.53. The molecule has 0 aliphatic carbocycles. The number of rotatable bonds is 0. The second-order valence-corrected chi connectivity index (χ2v) is 1.77. The van der Waals surface area contributed by atoms with Crippen LogP contribution in [-0.2, 0) is 0 Å². The van der Waals surface area contributed by atoms with E-state index < -0.39 is 22.7 Å². The fraction of sp³-hybridized carbons (Fsp3) is 0. The molecule has 6 heteroatoms. The average Bonchev–Trinajstić information content (AvgIpc) is 1.93. The first-order chi connectivity index (χ1) is 4.63. The van der Waals surface area contributed by atoms with Crippen molar-refractivity contribution in [3.8, 4) is 0 Å². The fourth-order valence-corrected chi connectivity index (χ4v) is 0.477. The maximum atomic E-state index is 12.1. The SMILES string of the molecule is Fc1nnc(Cl)c(F)c1F. The van der Waals surface area contributed by atoms with Crippen LogP contribution in [-0.4, -0.2) is 10.2 Å². The Kier molecular flexibility index (Phi) is 1.76. The number of aromatic nitrogens is 2. The predicted molar refractivity (Wildman–Crippen MR) is 26.9 cm³/mol. The molecule has 0 aliphatic rings. The van der Waals surface area contributed by atoms with E-state index in [0.29, 0.717) is 0 Å². The summed E-state index contributed by atoms with van der Waals surface area (Å²) in [4.78, 5) is 0. The lowest BCUT2D eigenvalue weighted by Crippen LogP contribution is -1.98. The van der Waals surface area contributed by atoms with E-state index in [-0.39, 0.29) is 0 Å². The predicted octanol–water partition coefficient (Wildman–Crippen LogP) is 1.55. The van der Waals surface area contributed by atoms with E-state index in [0.717, 1.165) is 0 Å². The van der Waals surface area contributed by atoms with Crippen LogP contribution in [0.3, 0.4) is 0 Å². The van der Waals surface area contributed by atoms with Gasteiger partial charge < -0.3 is 0 Å². The molecule has 0 saturated heterocycles. The highest BCUT2D eigenvalue weighted by Gasteiger charge is 2.14. The molecule has 0 aliphatic heterocycles. The lowest BCUT2D eigenvalue weighted by atomic mass is 10.5. The zero-order valence-electron chi connectivity index (χ0n) is 4.41. The monoisotopic (exact) mass is 168 g/mol. The van der Waals surface area contributed by atoms with E-state index in [1.54, 1.807) is 0 Å². The van der Waals surface area contributed by atoms with Crippen molar-refractivity contribution in [3.05, 3.63) is 22.7 Å². The minimum absolute atomic E-state index is 0.779. The summed E-state index contributed by atoms with van der Waals surface area (Å²) in [5, 5.41) is 4.56. The third kappa shape index (κ3) is 1.04. The van der Waals surface area contributed by atoms with Crippen LogP contribution in [0, 0.1) is 17.6 Å². The molecule has 0 saturated carbocycles. The van der Waals surface area contributed by atoms with Crippen LogP contribution in [0.5, 0.6) is 0 Å². The first kappa shape index (κ1) is 7.27. The van der Waals surface area contributed by atoms with Gasteiger partial charge in [0.05, 0.1) is 0 Å². The average molecular weight is 169 g/mol. The van der Waals surface area contributed by atoms with Crippen molar-refractivity contribution in [2.24, 2.45) is 0 Å². The van der Waals surface area contributed by atoms with Crippen LogP contribution in [0.2, 0.25) is 5.15 Å². The molecular weight excluding hydrogens is 169 g/mol. The van der Waals surface area contributed by atoms with Crippen molar-refractivity contribution in [2.45, 2.75) is 0 Å². The molecule has 1 aromatic heterocycles. The van der Waals surface area contributed by atoms with Crippen molar-refractivity contribution in [1.29, 1.82) is 0 Å². The van der Waals surface area contributed by atoms with E-state index in [9.17, 15) is 13.2 Å². The van der Waals surface area contributed by atoms with Crippen molar-refractivity contribution in [2.75, 3.05) is 0 Å². The van der Waals surface area contributed by atoms with Crippen LogP contribution < -0.4 is 0 Å². The molecule has 0 bridgehead atoms. The summed E-state index contributed by atoms with van der Waals surface area (Å²) in [5.41, 5.74) is 0. The van der Waals surface area contributed by atoms with Gasteiger partial charge in [-0.3, -0.25) is 0 Å². The van der Waals surface area contributed by atoms with Gasteiger partial charge in [0.25, 0.3) is 5.95 Å². The Labute approximate surface area is 58.6 Å². The second kappa shape index (κ2) is 2.42. The van der Waals surface area contributed by atoms with E-state index >= 15 is 0 Å². The highest BCUT2D eigenvalue weighted by Crippen LogP contribution is 2.13. The molecule has 1 aromatic rings. The van der Waals surface area contributed by atoms with Crippen LogP contribution in [0.25, 0.3) is 0 Å². The van der Waals surface area contributed by atoms with Crippen molar-refractivity contribution in [3.63, 3.8) is 0 Å². The van der Waals surface area contributed by atoms with E-state index in [1.807, 2.05) is 0 Å². The van der Waals surface area contributed by atoms with E-state index in [4.69, 9.17) is 11.6 Å². The maximum Gasteiger partial charge on any atom is 0.271 e. The lowest BCUT2D eigenvalue weighted by Gasteiger charge is -1.92. The van der Waals surface area contributed by atoms with Crippen LogP contribution in [0.15, 0.2) is 0 Å². The molecule has 0 amide bonds. The van der Waals surface area contributed by atoms with Gasteiger partial charge in [-0.15, -0.1) is 10.2 Å². The summed E-state index contributed by atoms with van der Waals surface area (Å²) in [6, 6.07) is 0. The molecule has 0 spiro atoms. The summed E-state index contributed by atoms with van der Waals surface area (Å²) in [5.74, 6) is -4.82. The Morgan fingerprint density at radius 3 is 2.10 bits per heavy atom. The van der Waals surface area contributed by atoms with Gasteiger partial charge in [-0.2, -0.15) is 8.78 Å². The highest BCUT2D eigenvalue weighted by molar-refractivity contribution is 6.29. The van der Waals surface area contributed by atoms with Gasteiger partial charge in [0.2, 0.25) is 11.6 Å². The second-order valence-electron chi connectivity index (χ2n) is 1.41. The van der Waals surface area contributed by atoms with Gasteiger partial charge in [0.1, 0.15) is 0 Å². The first-order valence-electron chi connectivity index (χ1n) is 2.15. The molecule has 1 rings (SSSR count). The Morgan fingerprint density at radius 2 is 1.60 bits per heavy atom. The normalized spacial score (nSPS) is 10.0. The van der Waals surface area contributed by atoms with E-state index in [2.05, 4.69) is 10.2 Å². The van der Waals surface area contributed by atoms with Crippen molar-refractivity contribution < 1.29 is 13.2 Å². The standard InChI is InChI=1S/C4ClF3N2/c5-3-1(6)2(7)4(8)10-9-3. The zero-order valence-corrected chi connectivity index (χ0v) is 5.16. The highest BCUT2D eigenvalue weighted by atomic mass is 35.5. The maximum absolute atomic E-state index is 12.1. The Morgan fingerprint density at radius 1 is 1.00 bits per heavy atom. The molecule has 10 heavy (non-hydrogen) atoms. The molecule has 0 N–H and O–H groups in total. The largest absolute Gasteiger partial charge is 0.271 e. The summed E-state index contributed by atoms with van der Waals surface area (Å²) in [7, 11) is 0. The molecule has 0 fully saturated rings. The van der Waals surface area contributed by atoms with Crippen LogP contribution in [0.1, 0.15) is 0 Å². The minimum Gasteiger partial charge on any atom is -0.200 e. The summed E-state index contributed by atoms with van der Waals surface area (Å²) in [6.45, 7) is 0. The fourth-order valence-electron chi connectivity index (χ4n) is 0.357. The quantitative estimate of drug-likeness (QED) is 0.587. The van der Waals surface area contributed by atoms with E-state index in [1.165, 1.54) is 0 Å². The molecule has 0 atom stereocenters. The summed E-state index contributed by atoms with van der Waals surface area (Å²) in [6.07, 6.45) is 0. The number of nitrogens with zero attached hydrogens (tertiary/aromatic N) is 2. The number of hydrogen-bond donors (Lipinski definition) is 0. The molecule has 2 nitrogen and oxygen atoms in total. The van der Waals surface area contributed by atoms with Gasteiger partial charge >= 0.3 is 0 Å². The minimum atomic E-state index is -1.71. The van der Waals surface area contributed by atoms with Gasteiger partial charge in [0.15, 0.2) is 5.15 Å². The Bertz CT molecular complexity index is 238. The van der Waals surface area contributed by atoms with Gasteiger partial charge in [-0.1, -0.05) is 11.6 Å². The lowest BCUT2D eigenvalue weighted by molar-refractivity contribution is 0.413. The van der Waals surface area contributed by atoms with Gasteiger partial charge in [-0.05, 0) is 0 Å². The number of halogens is 4. The molecule has 0 aromatic carbocycles. The number of hydrogen-bond acceptors (Lipinski definition) is 2. The summed E-state index contributed by atoms with van der Waals surface area (Å²) >= 11 is 4.93.